The van der Waals surface area contributed by atoms with Crippen molar-refractivity contribution in [3.63, 3.8) is 0 Å². The Bertz CT molecular complexity index is 726. The van der Waals surface area contributed by atoms with Gasteiger partial charge < -0.3 is 20.1 Å². The number of nitrogens with one attached hydrogen (secondary N) is 2. The second-order valence-electron chi connectivity index (χ2n) is 5.38. The zero-order chi connectivity index (χ0) is 18.1. The van der Waals surface area contributed by atoms with Crippen molar-refractivity contribution in [2.75, 3.05) is 27.8 Å². The van der Waals surface area contributed by atoms with E-state index in [1.165, 1.54) is 0 Å². The van der Waals surface area contributed by atoms with E-state index in [9.17, 15) is 0 Å². The highest BCUT2D eigenvalue weighted by atomic mass is 127. The van der Waals surface area contributed by atoms with Gasteiger partial charge in [0.05, 0.1) is 14.2 Å². The highest BCUT2D eigenvalue weighted by Gasteiger charge is 2.05. The summed E-state index contributed by atoms with van der Waals surface area (Å²) in [6.07, 6.45) is 0.830. The quantitative estimate of drug-likeness (QED) is 0.352. The lowest BCUT2D eigenvalue weighted by atomic mass is 10.1. The van der Waals surface area contributed by atoms with E-state index in [2.05, 4.69) is 15.6 Å². The van der Waals surface area contributed by atoms with E-state index in [4.69, 9.17) is 21.1 Å². The third-order valence-electron chi connectivity index (χ3n) is 3.78. The summed E-state index contributed by atoms with van der Waals surface area (Å²) in [6, 6.07) is 13.7. The molecule has 0 radical (unpaired) electrons. The number of guanidine groups is 1. The van der Waals surface area contributed by atoms with Crippen LogP contribution < -0.4 is 20.1 Å². The molecule has 2 aromatic rings. The molecule has 0 unspecified atom stereocenters. The van der Waals surface area contributed by atoms with Gasteiger partial charge in [-0.25, -0.2) is 0 Å². The van der Waals surface area contributed by atoms with Crippen molar-refractivity contribution in [2.24, 2.45) is 4.99 Å². The Morgan fingerprint density at radius 2 is 1.77 bits per heavy atom. The molecule has 2 aromatic carbocycles. The standard InChI is InChI=1S/C19H24ClN3O2.HI/c1-21-19(22-11-10-15-6-4-5-7-16(15)20)23-13-14-8-9-17(24-2)18(12-14)25-3;/h4-9,12H,10-11,13H2,1-3H3,(H2,21,22,23);1H. The minimum atomic E-state index is 0. The average Bonchev–Trinajstić information content (AvgIpc) is 2.65. The molecular weight excluding hydrogens is 465 g/mol. The van der Waals surface area contributed by atoms with Crippen LogP contribution in [0, 0.1) is 0 Å². The molecule has 0 aromatic heterocycles. The molecule has 7 heteroatoms. The third kappa shape index (κ3) is 6.57. The zero-order valence-corrected chi connectivity index (χ0v) is 18.3. The Morgan fingerprint density at radius 3 is 2.42 bits per heavy atom. The Labute approximate surface area is 177 Å². The third-order valence-corrected chi connectivity index (χ3v) is 4.14. The van der Waals surface area contributed by atoms with Crippen molar-refractivity contribution in [1.82, 2.24) is 10.6 Å². The number of methoxy groups -OCH3 is 2. The lowest BCUT2D eigenvalue weighted by molar-refractivity contribution is 0.354. The van der Waals surface area contributed by atoms with Crippen LogP contribution in [0.1, 0.15) is 11.1 Å². The molecule has 0 amide bonds. The van der Waals surface area contributed by atoms with Gasteiger partial charge in [-0.15, -0.1) is 24.0 Å². The molecule has 142 valence electrons. The van der Waals surface area contributed by atoms with Crippen LogP contribution in [0.2, 0.25) is 5.02 Å². The number of benzene rings is 2. The van der Waals surface area contributed by atoms with Crippen LogP contribution in [0.3, 0.4) is 0 Å². The van der Waals surface area contributed by atoms with Gasteiger partial charge in [0.15, 0.2) is 17.5 Å². The number of hydrogen-bond donors (Lipinski definition) is 2. The lowest BCUT2D eigenvalue weighted by Gasteiger charge is -2.14. The van der Waals surface area contributed by atoms with Crippen molar-refractivity contribution in [2.45, 2.75) is 13.0 Å². The van der Waals surface area contributed by atoms with E-state index >= 15 is 0 Å². The maximum Gasteiger partial charge on any atom is 0.191 e. The van der Waals surface area contributed by atoms with Gasteiger partial charge in [-0.2, -0.15) is 0 Å². The number of aliphatic imine (C=N–C) groups is 1. The highest BCUT2D eigenvalue weighted by Crippen LogP contribution is 2.27. The monoisotopic (exact) mass is 489 g/mol. The number of ether oxygens (including phenoxy) is 2. The molecule has 0 saturated heterocycles. The minimum Gasteiger partial charge on any atom is -0.493 e. The Hall–Kier alpha value is -1.67. The molecule has 0 aliphatic carbocycles. The summed E-state index contributed by atoms with van der Waals surface area (Å²) in [4.78, 5) is 4.24. The van der Waals surface area contributed by atoms with E-state index in [1.54, 1.807) is 21.3 Å². The van der Waals surface area contributed by atoms with Gasteiger partial charge in [0.25, 0.3) is 0 Å². The van der Waals surface area contributed by atoms with Crippen molar-refractivity contribution >= 4 is 41.5 Å². The fourth-order valence-corrected chi connectivity index (χ4v) is 2.64. The van der Waals surface area contributed by atoms with Crippen LogP contribution in [0.25, 0.3) is 0 Å². The van der Waals surface area contributed by atoms with Gasteiger partial charge in [0, 0.05) is 25.2 Å². The van der Waals surface area contributed by atoms with Crippen LogP contribution >= 0.6 is 35.6 Å². The number of hydrogen-bond acceptors (Lipinski definition) is 3. The first-order valence-corrected chi connectivity index (χ1v) is 8.44. The maximum atomic E-state index is 6.17. The van der Waals surface area contributed by atoms with E-state index in [1.807, 2.05) is 42.5 Å². The summed E-state index contributed by atoms with van der Waals surface area (Å²) in [5.74, 6) is 2.17. The van der Waals surface area contributed by atoms with Gasteiger partial charge in [-0.05, 0) is 35.7 Å². The molecule has 26 heavy (non-hydrogen) atoms. The van der Waals surface area contributed by atoms with E-state index < -0.39 is 0 Å². The van der Waals surface area contributed by atoms with Crippen molar-refractivity contribution < 1.29 is 9.47 Å². The summed E-state index contributed by atoms with van der Waals surface area (Å²) >= 11 is 6.17. The van der Waals surface area contributed by atoms with E-state index in [-0.39, 0.29) is 24.0 Å². The first-order chi connectivity index (χ1) is 12.2. The highest BCUT2D eigenvalue weighted by molar-refractivity contribution is 14.0. The summed E-state index contributed by atoms with van der Waals surface area (Å²) in [5.41, 5.74) is 2.19. The molecule has 0 aliphatic heterocycles. The average molecular weight is 490 g/mol. The summed E-state index contributed by atoms with van der Waals surface area (Å²) in [6.45, 7) is 1.38. The Kier molecular flexibility index (Phi) is 10.2. The van der Waals surface area contributed by atoms with Gasteiger partial charge >= 0.3 is 0 Å². The Balaban J connectivity index is 0.00000338. The Morgan fingerprint density at radius 1 is 1.04 bits per heavy atom. The molecule has 0 bridgehead atoms. The van der Waals surface area contributed by atoms with Crippen molar-refractivity contribution in [1.29, 1.82) is 0 Å². The molecule has 0 fully saturated rings. The fourth-order valence-electron chi connectivity index (χ4n) is 2.41. The molecule has 5 nitrogen and oxygen atoms in total. The molecule has 2 N–H and O–H groups in total. The maximum absolute atomic E-state index is 6.17. The predicted octanol–water partition coefficient (Wildman–Crippen LogP) is 3.88. The number of halogens is 2. The van der Waals surface area contributed by atoms with Crippen LogP contribution in [-0.4, -0.2) is 33.8 Å². The van der Waals surface area contributed by atoms with E-state index in [0.29, 0.717) is 18.0 Å². The summed E-state index contributed by atoms with van der Waals surface area (Å²) in [7, 11) is 5.00. The topological polar surface area (TPSA) is 54.9 Å². The van der Waals surface area contributed by atoms with Gasteiger partial charge in [0.1, 0.15) is 0 Å². The van der Waals surface area contributed by atoms with Crippen LogP contribution in [0.4, 0.5) is 0 Å². The van der Waals surface area contributed by atoms with Gasteiger partial charge in [-0.3, -0.25) is 4.99 Å². The molecule has 0 spiro atoms. The first-order valence-electron chi connectivity index (χ1n) is 8.06. The molecule has 0 atom stereocenters. The summed E-state index contributed by atoms with van der Waals surface area (Å²) < 4.78 is 10.6. The summed E-state index contributed by atoms with van der Waals surface area (Å²) in [5, 5.41) is 7.37. The molecule has 2 rings (SSSR count). The van der Waals surface area contributed by atoms with Crippen molar-refractivity contribution in [3.05, 3.63) is 58.6 Å². The van der Waals surface area contributed by atoms with Crippen LogP contribution in [0.15, 0.2) is 47.5 Å². The number of rotatable bonds is 7. The van der Waals surface area contributed by atoms with Crippen LogP contribution in [-0.2, 0) is 13.0 Å². The van der Waals surface area contributed by atoms with E-state index in [0.717, 1.165) is 35.1 Å². The van der Waals surface area contributed by atoms with Gasteiger partial charge in [-0.1, -0.05) is 35.9 Å². The normalized spacial score (nSPS) is 10.7. The molecular formula is C19H25ClIN3O2. The predicted molar refractivity (Wildman–Crippen MR) is 118 cm³/mol. The SMILES string of the molecule is CN=C(NCCc1ccccc1Cl)NCc1ccc(OC)c(OC)c1.I. The fraction of sp³-hybridized carbons (Fsp3) is 0.316. The molecule has 0 heterocycles. The largest absolute Gasteiger partial charge is 0.493 e. The second-order valence-corrected chi connectivity index (χ2v) is 5.79. The molecule has 0 aliphatic rings. The zero-order valence-electron chi connectivity index (χ0n) is 15.2. The van der Waals surface area contributed by atoms with Gasteiger partial charge in [0.2, 0.25) is 0 Å². The second kappa shape index (κ2) is 11.9. The van der Waals surface area contributed by atoms with Crippen molar-refractivity contribution in [3.8, 4) is 11.5 Å². The minimum absolute atomic E-state index is 0. The smallest absolute Gasteiger partial charge is 0.191 e. The number of nitrogens with zero attached hydrogens (tertiary/aromatic N) is 1. The van der Waals surface area contributed by atoms with Crippen LogP contribution in [0.5, 0.6) is 11.5 Å². The molecule has 0 saturated carbocycles. The lowest BCUT2D eigenvalue weighted by Crippen LogP contribution is -2.37. The first kappa shape index (κ1) is 22.4.